The van der Waals surface area contributed by atoms with Crippen LogP contribution >= 0.6 is 0 Å². The van der Waals surface area contributed by atoms with Crippen LogP contribution in [0.25, 0.3) is 0 Å². The second-order valence-corrected chi connectivity index (χ2v) is 2.93. The average Bonchev–Trinajstić information content (AvgIpc) is 2.42. The second-order valence-electron chi connectivity index (χ2n) is 2.93. The SMILES string of the molecule is N#CC1CC1N1CCC1. The van der Waals surface area contributed by atoms with Crippen molar-refractivity contribution in [3.63, 3.8) is 0 Å². The van der Waals surface area contributed by atoms with Crippen LogP contribution in [0.3, 0.4) is 0 Å². The molecular weight excluding hydrogens is 112 g/mol. The average molecular weight is 122 g/mol. The lowest BCUT2D eigenvalue weighted by molar-refractivity contribution is 0.167. The van der Waals surface area contributed by atoms with Crippen molar-refractivity contribution in [2.75, 3.05) is 13.1 Å². The first kappa shape index (κ1) is 5.25. The van der Waals surface area contributed by atoms with Gasteiger partial charge in [0.15, 0.2) is 0 Å². The van der Waals surface area contributed by atoms with Crippen LogP contribution in [0.5, 0.6) is 0 Å². The summed E-state index contributed by atoms with van der Waals surface area (Å²) in [4.78, 5) is 2.41. The highest BCUT2D eigenvalue weighted by molar-refractivity contribution is 5.08. The Balaban J connectivity index is 1.84. The van der Waals surface area contributed by atoms with E-state index in [1.54, 1.807) is 0 Å². The minimum absolute atomic E-state index is 0.380. The van der Waals surface area contributed by atoms with E-state index in [9.17, 15) is 0 Å². The molecule has 0 aromatic carbocycles. The third-order valence-corrected chi connectivity index (χ3v) is 2.28. The molecule has 2 unspecified atom stereocenters. The van der Waals surface area contributed by atoms with Crippen molar-refractivity contribution in [2.45, 2.75) is 18.9 Å². The van der Waals surface area contributed by atoms with E-state index in [2.05, 4.69) is 11.0 Å². The van der Waals surface area contributed by atoms with Gasteiger partial charge in [0.1, 0.15) is 0 Å². The van der Waals surface area contributed by atoms with E-state index in [-0.39, 0.29) is 0 Å². The zero-order valence-corrected chi connectivity index (χ0v) is 5.38. The Morgan fingerprint density at radius 2 is 2.22 bits per heavy atom. The summed E-state index contributed by atoms with van der Waals surface area (Å²) in [5, 5.41) is 8.47. The summed E-state index contributed by atoms with van der Waals surface area (Å²) in [6, 6.07) is 2.95. The maximum atomic E-state index is 8.47. The monoisotopic (exact) mass is 122 g/mol. The molecule has 0 bridgehead atoms. The first-order chi connectivity index (χ1) is 4.42. The van der Waals surface area contributed by atoms with Crippen LogP contribution in [-0.4, -0.2) is 24.0 Å². The molecule has 0 aromatic rings. The molecule has 1 aliphatic heterocycles. The number of hydrogen-bond donors (Lipinski definition) is 0. The van der Waals surface area contributed by atoms with Crippen molar-refractivity contribution in [3.05, 3.63) is 0 Å². The predicted octanol–water partition coefficient (Wildman–Crippen LogP) is 0.604. The first-order valence-electron chi connectivity index (χ1n) is 3.55. The number of nitriles is 1. The van der Waals surface area contributed by atoms with Crippen LogP contribution in [0.2, 0.25) is 0 Å². The molecule has 2 aliphatic rings. The minimum Gasteiger partial charge on any atom is -0.299 e. The highest BCUT2D eigenvalue weighted by atomic mass is 15.2. The molecule has 1 aliphatic carbocycles. The Hall–Kier alpha value is -0.550. The van der Waals surface area contributed by atoms with Crippen molar-refractivity contribution in [2.24, 2.45) is 5.92 Å². The van der Waals surface area contributed by atoms with Crippen LogP contribution < -0.4 is 0 Å². The lowest BCUT2D eigenvalue weighted by Gasteiger charge is -2.30. The molecular formula is C7H10N2. The summed E-state index contributed by atoms with van der Waals surface area (Å²) < 4.78 is 0. The van der Waals surface area contributed by atoms with Gasteiger partial charge in [0.25, 0.3) is 0 Å². The Kier molecular flexibility index (Phi) is 1.000. The Morgan fingerprint density at radius 3 is 2.56 bits per heavy atom. The van der Waals surface area contributed by atoms with Gasteiger partial charge in [-0.05, 0) is 25.9 Å². The lowest BCUT2D eigenvalue weighted by Crippen LogP contribution is -2.39. The minimum atomic E-state index is 0.380. The Bertz CT molecular complexity index is 155. The molecule has 2 atom stereocenters. The molecule has 1 saturated carbocycles. The largest absolute Gasteiger partial charge is 0.299 e. The van der Waals surface area contributed by atoms with Crippen LogP contribution in [0.15, 0.2) is 0 Å². The van der Waals surface area contributed by atoms with Crippen molar-refractivity contribution in [3.8, 4) is 6.07 Å². The fourth-order valence-electron chi connectivity index (χ4n) is 1.40. The predicted molar refractivity (Wildman–Crippen MR) is 33.7 cm³/mol. The van der Waals surface area contributed by atoms with Crippen molar-refractivity contribution in [1.82, 2.24) is 4.90 Å². The maximum Gasteiger partial charge on any atom is 0.0672 e. The third kappa shape index (κ3) is 0.727. The van der Waals surface area contributed by atoms with E-state index in [1.165, 1.54) is 19.5 Å². The highest BCUT2D eigenvalue weighted by Crippen LogP contribution is 2.37. The van der Waals surface area contributed by atoms with Gasteiger partial charge in [0.05, 0.1) is 12.0 Å². The summed E-state index contributed by atoms with van der Waals surface area (Å²) in [7, 11) is 0. The second kappa shape index (κ2) is 1.71. The molecule has 48 valence electrons. The summed E-state index contributed by atoms with van der Waals surface area (Å²) in [5.41, 5.74) is 0. The lowest BCUT2D eigenvalue weighted by atomic mass is 10.2. The van der Waals surface area contributed by atoms with E-state index >= 15 is 0 Å². The molecule has 0 aromatic heterocycles. The van der Waals surface area contributed by atoms with Gasteiger partial charge in [-0.1, -0.05) is 0 Å². The number of rotatable bonds is 1. The Morgan fingerprint density at radius 1 is 1.44 bits per heavy atom. The van der Waals surface area contributed by atoms with Crippen molar-refractivity contribution < 1.29 is 0 Å². The summed E-state index contributed by atoms with van der Waals surface area (Å²) in [6.45, 7) is 2.48. The molecule has 2 nitrogen and oxygen atoms in total. The molecule has 0 radical (unpaired) electrons. The Labute approximate surface area is 55.1 Å². The third-order valence-electron chi connectivity index (χ3n) is 2.28. The van der Waals surface area contributed by atoms with Gasteiger partial charge in [-0.3, -0.25) is 4.90 Å². The molecule has 0 amide bonds. The van der Waals surface area contributed by atoms with Gasteiger partial charge in [0.2, 0.25) is 0 Å². The van der Waals surface area contributed by atoms with Gasteiger partial charge in [-0.15, -0.1) is 0 Å². The van der Waals surface area contributed by atoms with Gasteiger partial charge >= 0.3 is 0 Å². The standard InChI is InChI=1S/C7H10N2/c8-5-6-4-7(6)9-2-1-3-9/h6-7H,1-4H2. The van der Waals surface area contributed by atoms with Gasteiger partial charge in [-0.2, -0.15) is 5.26 Å². The van der Waals surface area contributed by atoms with E-state index < -0.39 is 0 Å². The van der Waals surface area contributed by atoms with Crippen LogP contribution in [0.4, 0.5) is 0 Å². The molecule has 2 rings (SSSR count). The smallest absolute Gasteiger partial charge is 0.0672 e. The molecule has 2 heteroatoms. The molecule has 2 fully saturated rings. The number of nitrogens with zero attached hydrogens (tertiary/aromatic N) is 2. The van der Waals surface area contributed by atoms with E-state index in [0.29, 0.717) is 12.0 Å². The zero-order chi connectivity index (χ0) is 6.27. The van der Waals surface area contributed by atoms with E-state index in [1.807, 2.05) is 0 Å². The van der Waals surface area contributed by atoms with Crippen molar-refractivity contribution >= 4 is 0 Å². The van der Waals surface area contributed by atoms with Crippen molar-refractivity contribution in [1.29, 1.82) is 5.26 Å². The zero-order valence-electron chi connectivity index (χ0n) is 5.38. The first-order valence-corrected chi connectivity index (χ1v) is 3.55. The van der Waals surface area contributed by atoms with E-state index in [4.69, 9.17) is 5.26 Å². The summed E-state index contributed by atoms with van der Waals surface area (Å²) >= 11 is 0. The van der Waals surface area contributed by atoms with Gasteiger partial charge in [0, 0.05) is 6.04 Å². The summed E-state index contributed by atoms with van der Waals surface area (Å²) in [5.74, 6) is 0.380. The van der Waals surface area contributed by atoms with Crippen LogP contribution in [0.1, 0.15) is 12.8 Å². The van der Waals surface area contributed by atoms with Gasteiger partial charge in [-0.25, -0.2) is 0 Å². The normalized spacial score (nSPS) is 41.2. The van der Waals surface area contributed by atoms with E-state index in [0.717, 1.165) is 6.42 Å². The fraction of sp³-hybridized carbons (Fsp3) is 0.857. The van der Waals surface area contributed by atoms with Crippen LogP contribution in [-0.2, 0) is 0 Å². The number of hydrogen-bond acceptors (Lipinski definition) is 2. The fourth-order valence-corrected chi connectivity index (χ4v) is 1.40. The topological polar surface area (TPSA) is 27.0 Å². The highest BCUT2D eigenvalue weighted by Gasteiger charge is 2.43. The molecule has 0 spiro atoms. The molecule has 1 saturated heterocycles. The molecule has 9 heavy (non-hydrogen) atoms. The maximum absolute atomic E-state index is 8.47. The molecule has 1 heterocycles. The van der Waals surface area contributed by atoms with Gasteiger partial charge < -0.3 is 0 Å². The number of likely N-dealkylation sites (tertiary alicyclic amines) is 1. The van der Waals surface area contributed by atoms with Crippen LogP contribution in [0, 0.1) is 17.2 Å². The summed E-state index contributed by atoms with van der Waals surface area (Å²) in [6.07, 6.45) is 2.48. The quantitative estimate of drug-likeness (QED) is 0.509. The molecule has 0 N–H and O–H groups in total.